The average molecular weight is 322 g/mol. The third-order valence-electron chi connectivity index (χ3n) is 5.46. The minimum Gasteiger partial charge on any atom is -0.392 e. The molecule has 2 fully saturated rings. The van der Waals surface area contributed by atoms with Crippen LogP contribution in [-0.4, -0.2) is 35.6 Å². The number of aliphatic hydroxyl groups is 2. The van der Waals surface area contributed by atoms with Gasteiger partial charge in [-0.05, 0) is 44.4 Å². The largest absolute Gasteiger partial charge is 0.392 e. The minimum absolute atomic E-state index is 0.207. The highest BCUT2D eigenvalue weighted by Gasteiger charge is 2.44. The number of hydrogen-bond donors (Lipinski definition) is 2. The Morgan fingerprint density at radius 2 is 2.09 bits per heavy atom. The van der Waals surface area contributed by atoms with E-state index in [4.69, 9.17) is 4.74 Å². The highest BCUT2D eigenvalue weighted by molar-refractivity contribution is 5.18. The summed E-state index contributed by atoms with van der Waals surface area (Å²) in [4.78, 5) is 0. The van der Waals surface area contributed by atoms with E-state index in [2.05, 4.69) is 19.1 Å². The molecule has 2 N–H and O–H groups in total. The van der Waals surface area contributed by atoms with Crippen molar-refractivity contribution in [3.8, 4) is 0 Å². The quantitative estimate of drug-likeness (QED) is 0.501. The number of allylic oxidation sites excluding steroid dienone is 1. The van der Waals surface area contributed by atoms with Crippen LogP contribution in [0.25, 0.3) is 0 Å². The first-order valence-corrected chi connectivity index (χ1v) is 9.45. The van der Waals surface area contributed by atoms with Crippen LogP contribution in [0.4, 0.5) is 0 Å². The van der Waals surface area contributed by atoms with Crippen molar-refractivity contribution in [3.05, 3.63) is 23.8 Å². The summed E-state index contributed by atoms with van der Waals surface area (Å²) in [7, 11) is 0. The molecular formula is C20H34O3. The molecule has 2 rings (SSSR count). The van der Waals surface area contributed by atoms with Gasteiger partial charge in [-0.3, -0.25) is 0 Å². The van der Waals surface area contributed by atoms with Crippen molar-refractivity contribution < 1.29 is 14.9 Å². The molecule has 0 aromatic heterocycles. The zero-order valence-electron chi connectivity index (χ0n) is 14.8. The van der Waals surface area contributed by atoms with Gasteiger partial charge in [0.2, 0.25) is 0 Å². The Morgan fingerprint density at radius 3 is 2.83 bits per heavy atom. The Labute approximate surface area is 141 Å². The van der Waals surface area contributed by atoms with Crippen molar-refractivity contribution in [2.24, 2.45) is 17.8 Å². The van der Waals surface area contributed by atoms with Crippen LogP contribution >= 0.6 is 0 Å². The molecule has 5 atom stereocenters. The van der Waals surface area contributed by atoms with E-state index in [9.17, 15) is 10.2 Å². The molecule has 3 nitrogen and oxygen atoms in total. The molecule has 23 heavy (non-hydrogen) atoms. The molecule has 0 radical (unpaired) electrons. The molecule has 0 aliphatic heterocycles. The number of fused-ring (bicyclic) bond motifs is 1. The highest BCUT2D eigenvalue weighted by atomic mass is 16.5. The maximum Gasteiger partial charge on any atom is 0.0721 e. The Bertz CT molecular complexity index is 402. The van der Waals surface area contributed by atoms with Crippen molar-refractivity contribution in [3.63, 3.8) is 0 Å². The Balaban J connectivity index is 1.85. The first-order chi connectivity index (χ1) is 11.2. The standard InChI is InChI=1S/C20H34O3/c1-3-5-6-7-17(21)8-9-18-19-13-15(10-11-23-4-2)12-16(19)14-20(18)22/h8-10,16-22H,3-7,11-14H2,1-2H3/t16-,17-,18+,19-,20+/m0/s1. The third kappa shape index (κ3) is 5.44. The van der Waals surface area contributed by atoms with Crippen LogP contribution in [0.15, 0.2) is 23.8 Å². The van der Waals surface area contributed by atoms with Crippen LogP contribution in [0.1, 0.15) is 58.8 Å². The molecule has 0 heterocycles. The summed E-state index contributed by atoms with van der Waals surface area (Å²) in [5, 5.41) is 20.4. The van der Waals surface area contributed by atoms with E-state index in [1.165, 1.54) is 18.4 Å². The number of aliphatic hydroxyl groups excluding tert-OH is 2. The van der Waals surface area contributed by atoms with Crippen molar-refractivity contribution in [1.82, 2.24) is 0 Å². The number of rotatable bonds is 9. The van der Waals surface area contributed by atoms with Gasteiger partial charge in [0, 0.05) is 12.5 Å². The lowest BCUT2D eigenvalue weighted by atomic mass is 9.90. The van der Waals surface area contributed by atoms with Crippen molar-refractivity contribution in [1.29, 1.82) is 0 Å². The van der Waals surface area contributed by atoms with E-state index in [1.54, 1.807) is 0 Å². The van der Waals surface area contributed by atoms with Crippen LogP contribution in [0.2, 0.25) is 0 Å². The molecular weight excluding hydrogens is 288 g/mol. The minimum atomic E-state index is -0.359. The molecule has 0 amide bonds. The highest BCUT2D eigenvalue weighted by Crippen LogP contribution is 2.50. The fourth-order valence-electron chi connectivity index (χ4n) is 4.19. The molecule has 0 aromatic rings. The molecule has 0 spiro atoms. The number of ether oxygens (including phenoxy) is 1. The lowest BCUT2D eigenvalue weighted by molar-refractivity contribution is 0.139. The van der Waals surface area contributed by atoms with Gasteiger partial charge in [0.1, 0.15) is 0 Å². The zero-order valence-corrected chi connectivity index (χ0v) is 14.8. The molecule has 2 aliphatic carbocycles. The second-order valence-electron chi connectivity index (χ2n) is 7.18. The van der Waals surface area contributed by atoms with Crippen LogP contribution < -0.4 is 0 Å². The first kappa shape index (κ1) is 18.7. The molecule has 132 valence electrons. The summed E-state index contributed by atoms with van der Waals surface area (Å²) < 4.78 is 5.42. The van der Waals surface area contributed by atoms with Crippen molar-refractivity contribution >= 4 is 0 Å². The zero-order chi connectivity index (χ0) is 16.7. The van der Waals surface area contributed by atoms with E-state index >= 15 is 0 Å². The molecule has 0 aromatic carbocycles. The Morgan fingerprint density at radius 1 is 1.26 bits per heavy atom. The topological polar surface area (TPSA) is 49.7 Å². The SMILES string of the molecule is CCCCC[C@H](O)C=C[C@@H]1[C@H]2CC(=CCOCC)C[C@H]2C[C@H]1O. The van der Waals surface area contributed by atoms with Crippen molar-refractivity contribution in [2.45, 2.75) is 71.0 Å². The van der Waals surface area contributed by atoms with E-state index < -0.39 is 0 Å². The van der Waals surface area contributed by atoms with Crippen LogP contribution in [0, 0.1) is 17.8 Å². The second-order valence-corrected chi connectivity index (χ2v) is 7.18. The molecule has 0 bridgehead atoms. The van der Waals surface area contributed by atoms with Gasteiger partial charge in [-0.25, -0.2) is 0 Å². The van der Waals surface area contributed by atoms with E-state index in [0.29, 0.717) is 18.4 Å². The third-order valence-corrected chi connectivity index (χ3v) is 5.46. The maximum absolute atomic E-state index is 10.3. The van der Waals surface area contributed by atoms with E-state index in [1.807, 2.05) is 13.0 Å². The van der Waals surface area contributed by atoms with E-state index in [-0.39, 0.29) is 18.1 Å². The van der Waals surface area contributed by atoms with Crippen molar-refractivity contribution in [2.75, 3.05) is 13.2 Å². The van der Waals surface area contributed by atoms with Gasteiger partial charge in [0.05, 0.1) is 18.8 Å². The van der Waals surface area contributed by atoms with Gasteiger partial charge < -0.3 is 14.9 Å². The number of unbranched alkanes of at least 4 members (excludes halogenated alkanes) is 2. The number of hydrogen-bond acceptors (Lipinski definition) is 3. The summed E-state index contributed by atoms with van der Waals surface area (Å²) in [5.74, 6) is 1.35. The predicted molar refractivity (Wildman–Crippen MR) is 94.2 cm³/mol. The fourth-order valence-corrected chi connectivity index (χ4v) is 4.19. The Kier molecular flexibility index (Phi) is 7.81. The lowest BCUT2D eigenvalue weighted by Gasteiger charge is -2.17. The summed E-state index contributed by atoms with van der Waals surface area (Å²) in [6, 6.07) is 0. The smallest absolute Gasteiger partial charge is 0.0721 e. The summed E-state index contributed by atoms with van der Waals surface area (Å²) in [6.45, 7) is 5.67. The molecule has 2 saturated carbocycles. The van der Waals surface area contributed by atoms with Gasteiger partial charge >= 0.3 is 0 Å². The second kappa shape index (κ2) is 9.61. The monoisotopic (exact) mass is 322 g/mol. The summed E-state index contributed by atoms with van der Waals surface area (Å²) in [5.41, 5.74) is 1.49. The van der Waals surface area contributed by atoms with Crippen LogP contribution in [-0.2, 0) is 4.74 Å². The normalized spacial score (nSPS) is 33.7. The van der Waals surface area contributed by atoms with Gasteiger partial charge in [0.15, 0.2) is 0 Å². The lowest BCUT2D eigenvalue weighted by Crippen LogP contribution is -2.17. The molecule has 0 unspecified atom stereocenters. The average Bonchev–Trinajstić information content (AvgIpc) is 3.02. The summed E-state index contributed by atoms with van der Waals surface area (Å²) in [6.07, 6.45) is 13.0. The maximum atomic E-state index is 10.3. The molecule has 2 aliphatic rings. The van der Waals surface area contributed by atoms with Gasteiger partial charge in [-0.1, -0.05) is 50.0 Å². The van der Waals surface area contributed by atoms with Gasteiger partial charge in [-0.15, -0.1) is 0 Å². The Hall–Kier alpha value is -0.640. The van der Waals surface area contributed by atoms with Crippen LogP contribution in [0.5, 0.6) is 0 Å². The molecule has 3 heteroatoms. The fraction of sp³-hybridized carbons (Fsp3) is 0.800. The molecule has 0 saturated heterocycles. The van der Waals surface area contributed by atoms with E-state index in [0.717, 1.165) is 38.7 Å². The summed E-state index contributed by atoms with van der Waals surface area (Å²) >= 11 is 0. The van der Waals surface area contributed by atoms with Gasteiger partial charge in [-0.2, -0.15) is 0 Å². The first-order valence-electron chi connectivity index (χ1n) is 9.45. The van der Waals surface area contributed by atoms with Gasteiger partial charge in [0.25, 0.3) is 0 Å². The predicted octanol–water partition coefficient (Wildman–Crippen LogP) is 3.85. The van der Waals surface area contributed by atoms with Crippen LogP contribution in [0.3, 0.4) is 0 Å².